The molecule has 3 aromatic rings. The molecule has 33 heavy (non-hydrogen) atoms. The summed E-state index contributed by atoms with van der Waals surface area (Å²) in [4.78, 5) is 25.0. The molecular formula is C27H29NO5. The molecule has 0 aromatic heterocycles. The number of fused-ring (bicyclic) bond motifs is 1. The minimum atomic E-state index is -0.689. The maximum absolute atomic E-state index is 12.8. The SMILES string of the molecule is CCOC(=O)C1C(c2ccc(O)c(C(C)c3ccc4ccccc4c3)c2)CC[C@@H]1C(=O)NO. The lowest BCUT2D eigenvalue weighted by molar-refractivity contribution is -0.153. The van der Waals surface area contributed by atoms with Gasteiger partial charge >= 0.3 is 5.97 Å². The Labute approximate surface area is 193 Å². The number of phenolic OH excluding ortho intramolecular Hbond substituents is 1. The lowest BCUT2D eigenvalue weighted by atomic mass is 9.82. The summed E-state index contributed by atoms with van der Waals surface area (Å²) in [7, 11) is 0. The molecule has 6 heteroatoms. The van der Waals surface area contributed by atoms with Gasteiger partial charge in [0.05, 0.1) is 18.4 Å². The standard InChI is InChI=1S/C27H29NO5/c1-3-33-27(31)25-21(11-12-22(25)26(30)28-32)20-10-13-24(29)23(15-20)16(2)18-9-8-17-6-4-5-7-19(17)14-18/h4-10,13-16,21-22,25,29,32H,3,11-12H2,1-2H3,(H,28,30)/t16?,21?,22-,25?/m0/s1. The van der Waals surface area contributed by atoms with Crippen molar-refractivity contribution in [1.29, 1.82) is 0 Å². The van der Waals surface area contributed by atoms with Gasteiger partial charge in [0.2, 0.25) is 5.91 Å². The Hall–Kier alpha value is -3.38. The van der Waals surface area contributed by atoms with Gasteiger partial charge in [-0.15, -0.1) is 0 Å². The molecule has 0 aliphatic heterocycles. The summed E-state index contributed by atoms with van der Waals surface area (Å²) in [5, 5.41) is 22.1. The normalized spacial score (nSPS) is 21.0. The fourth-order valence-electron chi connectivity index (χ4n) is 5.12. The molecule has 6 nitrogen and oxygen atoms in total. The molecule has 0 bridgehead atoms. The van der Waals surface area contributed by atoms with Crippen LogP contribution in [0, 0.1) is 11.8 Å². The molecule has 0 radical (unpaired) electrons. The fourth-order valence-corrected chi connectivity index (χ4v) is 5.12. The molecule has 4 rings (SSSR count). The minimum Gasteiger partial charge on any atom is -0.508 e. The smallest absolute Gasteiger partial charge is 0.310 e. The highest BCUT2D eigenvalue weighted by Gasteiger charge is 2.46. The first-order valence-corrected chi connectivity index (χ1v) is 11.4. The van der Waals surface area contributed by atoms with Gasteiger partial charge < -0.3 is 9.84 Å². The van der Waals surface area contributed by atoms with Crippen LogP contribution in [0.5, 0.6) is 5.75 Å². The van der Waals surface area contributed by atoms with E-state index in [1.54, 1.807) is 18.5 Å². The van der Waals surface area contributed by atoms with Crippen molar-refractivity contribution in [2.75, 3.05) is 6.61 Å². The summed E-state index contributed by atoms with van der Waals surface area (Å²) in [6, 6.07) is 19.8. The molecular weight excluding hydrogens is 418 g/mol. The summed E-state index contributed by atoms with van der Waals surface area (Å²) in [5.41, 5.74) is 4.41. The Balaban J connectivity index is 1.69. The molecule has 0 spiro atoms. The maximum Gasteiger partial charge on any atom is 0.310 e. The van der Waals surface area contributed by atoms with E-state index < -0.39 is 23.7 Å². The first-order chi connectivity index (χ1) is 15.9. The summed E-state index contributed by atoms with van der Waals surface area (Å²) >= 11 is 0. The Morgan fingerprint density at radius 3 is 2.55 bits per heavy atom. The average molecular weight is 448 g/mol. The van der Waals surface area contributed by atoms with Crippen LogP contribution in [0.1, 0.15) is 55.2 Å². The lowest BCUT2D eigenvalue weighted by Crippen LogP contribution is -2.36. The molecule has 1 saturated carbocycles. The second-order valence-corrected chi connectivity index (χ2v) is 8.69. The van der Waals surface area contributed by atoms with E-state index >= 15 is 0 Å². The average Bonchev–Trinajstić information content (AvgIpc) is 3.28. The number of amides is 1. The van der Waals surface area contributed by atoms with Crippen LogP contribution < -0.4 is 5.48 Å². The van der Waals surface area contributed by atoms with Gasteiger partial charge in [-0.1, -0.05) is 61.5 Å². The second kappa shape index (κ2) is 9.63. The van der Waals surface area contributed by atoms with Crippen molar-refractivity contribution in [3.63, 3.8) is 0 Å². The van der Waals surface area contributed by atoms with E-state index in [9.17, 15) is 14.7 Å². The van der Waals surface area contributed by atoms with E-state index in [2.05, 4.69) is 30.3 Å². The van der Waals surface area contributed by atoms with Crippen LogP contribution in [0.25, 0.3) is 10.8 Å². The van der Waals surface area contributed by atoms with E-state index in [4.69, 9.17) is 9.94 Å². The molecule has 172 valence electrons. The molecule has 1 fully saturated rings. The van der Waals surface area contributed by atoms with Crippen LogP contribution in [0.3, 0.4) is 0 Å². The summed E-state index contributed by atoms with van der Waals surface area (Å²) in [6.45, 7) is 3.99. The van der Waals surface area contributed by atoms with Crippen molar-refractivity contribution in [3.05, 3.63) is 77.4 Å². The number of hydroxylamine groups is 1. The number of carbonyl (C=O) groups excluding carboxylic acids is 2. The molecule has 1 aliphatic rings. The van der Waals surface area contributed by atoms with Gasteiger partial charge in [-0.2, -0.15) is 0 Å². The highest BCUT2D eigenvalue weighted by Crippen LogP contribution is 2.46. The van der Waals surface area contributed by atoms with Crippen molar-refractivity contribution in [2.24, 2.45) is 11.8 Å². The Morgan fingerprint density at radius 1 is 1.06 bits per heavy atom. The number of rotatable bonds is 6. The maximum atomic E-state index is 12.8. The third kappa shape index (κ3) is 4.44. The lowest BCUT2D eigenvalue weighted by Gasteiger charge is -2.24. The first-order valence-electron chi connectivity index (χ1n) is 11.4. The Kier molecular flexibility index (Phi) is 6.65. The Bertz CT molecular complexity index is 1170. The number of esters is 1. The zero-order valence-electron chi connectivity index (χ0n) is 18.8. The monoisotopic (exact) mass is 447 g/mol. The number of ether oxygens (including phenoxy) is 1. The zero-order chi connectivity index (χ0) is 23.5. The van der Waals surface area contributed by atoms with Crippen LogP contribution in [0.4, 0.5) is 0 Å². The predicted octanol–water partition coefficient (Wildman–Crippen LogP) is 4.88. The molecule has 0 heterocycles. The van der Waals surface area contributed by atoms with Crippen LogP contribution in [-0.4, -0.2) is 28.8 Å². The van der Waals surface area contributed by atoms with E-state index in [-0.39, 0.29) is 24.2 Å². The van der Waals surface area contributed by atoms with Crippen LogP contribution >= 0.6 is 0 Å². The van der Waals surface area contributed by atoms with Crippen LogP contribution in [0.2, 0.25) is 0 Å². The Morgan fingerprint density at radius 2 is 1.82 bits per heavy atom. The summed E-state index contributed by atoms with van der Waals surface area (Å²) < 4.78 is 5.26. The van der Waals surface area contributed by atoms with E-state index in [1.807, 2.05) is 31.2 Å². The number of hydrogen-bond acceptors (Lipinski definition) is 5. The van der Waals surface area contributed by atoms with Gasteiger partial charge in [-0.3, -0.25) is 14.8 Å². The summed E-state index contributed by atoms with van der Waals surface area (Å²) in [5.74, 6) is -2.48. The summed E-state index contributed by atoms with van der Waals surface area (Å²) in [6.07, 6.45) is 1.08. The third-order valence-electron chi connectivity index (χ3n) is 6.88. The highest BCUT2D eigenvalue weighted by atomic mass is 16.5. The molecule has 1 aliphatic carbocycles. The molecule has 3 unspecified atom stereocenters. The van der Waals surface area contributed by atoms with Crippen molar-refractivity contribution in [2.45, 2.75) is 38.5 Å². The van der Waals surface area contributed by atoms with Gasteiger partial charge in [-0.05, 0) is 53.6 Å². The molecule has 3 N–H and O–H groups in total. The van der Waals surface area contributed by atoms with Gasteiger partial charge in [-0.25, -0.2) is 5.48 Å². The van der Waals surface area contributed by atoms with Crippen molar-refractivity contribution >= 4 is 22.6 Å². The second-order valence-electron chi connectivity index (χ2n) is 8.69. The van der Waals surface area contributed by atoms with E-state index in [1.165, 1.54) is 0 Å². The largest absolute Gasteiger partial charge is 0.508 e. The van der Waals surface area contributed by atoms with Gasteiger partial charge in [0.1, 0.15) is 5.75 Å². The van der Waals surface area contributed by atoms with Crippen molar-refractivity contribution in [3.8, 4) is 5.75 Å². The molecule has 4 atom stereocenters. The number of carbonyl (C=O) groups is 2. The quantitative estimate of drug-likeness (QED) is 0.284. The van der Waals surface area contributed by atoms with Crippen LogP contribution in [-0.2, 0) is 14.3 Å². The number of nitrogens with one attached hydrogen (secondary N) is 1. The number of hydrogen-bond donors (Lipinski definition) is 3. The van der Waals surface area contributed by atoms with Crippen LogP contribution in [0.15, 0.2) is 60.7 Å². The van der Waals surface area contributed by atoms with Gasteiger partial charge in [0, 0.05) is 11.5 Å². The number of benzene rings is 3. The molecule has 3 aromatic carbocycles. The van der Waals surface area contributed by atoms with Crippen molar-refractivity contribution < 1.29 is 24.6 Å². The highest BCUT2D eigenvalue weighted by molar-refractivity contribution is 5.86. The van der Waals surface area contributed by atoms with E-state index in [0.29, 0.717) is 12.8 Å². The molecule has 0 saturated heterocycles. The predicted molar refractivity (Wildman–Crippen MR) is 125 cm³/mol. The van der Waals surface area contributed by atoms with Crippen molar-refractivity contribution in [1.82, 2.24) is 5.48 Å². The zero-order valence-corrected chi connectivity index (χ0v) is 18.8. The minimum absolute atomic E-state index is 0.0754. The van der Waals surface area contributed by atoms with Gasteiger partial charge in [0.15, 0.2) is 0 Å². The fraction of sp³-hybridized carbons (Fsp3) is 0.333. The van der Waals surface area contributed by atoms with E-state index in [0.717, 1.165) is 27.5 Å². The number of aromatic hydroxyl groups is 1. The molecule has 1 amide bonds. The third-order valence-corrected chi connectivity index (χ3v) is 6.88. The topological polar surface area (TPSA) is 95.9 Å². The number of phenols is 1. The van der Waals surface area contributed by atoms with Gasteiger partial charge in [0.25, 0.3) is 0 Å². The first kappa shape index (κ1) is 22.8.